The average Bonchev–Trinajstić information content (AvgIpc) is 2.83. The topological polar surface area (TPSA) is 47.6 Å². The molecule has 173 valence electrons. The molecular formula is C27H32NO3SSi. The third kappa shape index (κ3) is 7.77. The Labute approximate surface area is 204 Å². The summed E-state index contributed by atoms with van der Waals surface area (Å²) in [5.74, 6) is 0.452. The molecule has 0 heterocycles. The van der Waals surface area contributed by atoms with Crippen molar-refractivity contribution in [3.05, 3.63) is 96.1 Å². The summed E-state index contributed by atoms with van der Waals surface area (Å²) in [5.41, 5.74) is 2.33. The van der Waals surface area contributed by atoms with Crippen molar-refractivity contribution in [2.45, 2.75) is 38.8 Å². The second kappa shape index (κ2) is 12.1. The zero-order chi connectivity index (χ0) is 23.7. The highest BCUT2D eigenvalue weighted by Gasteiger charge is 2.23. The summed E-state index contributed by atoms with van der Waals surface area (Å²) in [6.07, 6.45) is -0.468. The number of hydrogen-bond donors (Lipinski definition) is 2. The standard InChI is InChI=1S/C27H32NO3SSi/c1-27(2,3)22-14-16-25(17-15-22)33(24-12-8-5-9-13-24)31-19-23(20-32)28-26(29)30-18-21-10-6-4-7-11-21/h4-17,23,32H,18-20H2,1-3H3,(H,28,29)/t23-/m0/s1. The summed E-state index contributed by atoms with van der Waals surface area (Å²) in [4.78, 5) is 12.3. The maximum atomic E-state index is 12.3. The van der Waals surface area contributed by atoms with Gasteiger partial charge in [-0.1, -0.05) is 106 Å². The highest BCUT2D eigenvalue weighted by atomic mass is 32.1. The number of amides is 1. The number of rotatable bonds is 9. The van der Waals surface area contributed by atoms with Crippen LogP contribution in [0.5, 0.6) is 0 Å². The molecule has 0 saturated heterocycles. The summed E-state index contributed by atoms with van der Waals surface area (Å²) < 4.78 is 11.8. The third-order valence-electron chi connectivity index (χ3n) is 5.23. The van der Waals surface area contributed by atoms with Crippen LogP contribution in [0.4, 0.5) is 4.79 Å². The van der Waals surface area contributed by atoms with Crippen molar-refractivity contribution in [1.82, 2.24) is 5.32 Å². The largest absolute Gasteiger partial charge is 0.445 e. The fraction of sp³-hybridized carbons (Fsp3) is 0.296. The highest BCUT2D eigenvalue weighted by Crippen LogP contribution is 2.20. The first-order valence-electron chi connectivity index (χ1n) is 11.1. The number of ether oxygens (including phenoxy) is 1. The van der Waals surface area contributed by atoms with Crippen LogP contribution in [-0.2, 0) is 21.2 Å². The smallest absolute Gasteiger partial charge is 0.407 e. The predicted octanol–water partition coefficient (Wildman–Crippen LogP) is 4.33. The number of nitrogens with one attached hydrogen (secondary N) is 1. The Bertz CT molecular complexity index is 991. The average molecular weight is 479 g/mol. The van der Waals surface area contributed by atoms with Crippen LogP contribution in [0.2, 0.25) is 0 Å². The van der Waals surface area contributed by atoms with Crippen LogP contribution in [0, 0.1) is 0 Å². The Kier molecular flexibility index (Phi) is 9.18. The lowest BCUT2D eigenvalue weighted by atomic mass is 9.87. The van der Waals surface area contributed by atoms with E-state index in [9.17, 15) is 4.79 Å². The zero-order valence-corrected chi connectivity index (χ0v) is 21.3. The highest BCUT2D eigenvalue weighted by molar-refractivity contribution is 7.80. The number of thiol groups is 1. The summed E-state index contributed by atoms with van der Waals surface area (Å²) in [7, 11) is -1.48. The van der Waals surface area contributed by atoms with Crippen molar-refractivity contribution in [2.24, 2.45) is 0 Å². The summed E-state index contributed by atoms with van der Waals surface area (Å²) >= 11 is 4.41. The molecule has 1 radical (unpaired) electrons. The van der Waals surface area contributed by atoms with Gasteiger partial charge in [-0.15, -0.1) is 0 Å². The van der Waals surface area contributed by atoms with Crippen LogP contribution < -0.4 is 15.7 Å². The predicted molar refractivity (Wildman–Crippen MR) is 140 cm³/mol. The molecule has 0 fully saturated rings. The molecule has 0 unspecified atom stereocenters. The van der Waals surface area contributed by atoms with E-state index in [1.54, 1.807) is 0 Å². The molecule has 0 saturated carbocycles. The Morgan fingerprint density at radius 1 is 0.909 bits per heavy atom. The van der Waals surface area contributed by atoms with E-state index >= 15 is 0 Å². The van der Waals surface area contributed by atoms with Crippen LogP contribution >= 0.6 is 12.6 Å². The Morgan fingerprint density at radius 2 is 1.48 bits per heavy atom. The Balaban J connectivity index is 1.64. The van der Waals surface area contributed by atoms with Crippen LogP contribution in [0.3, 0.4) is 0 Å². The monoisotopic (exact) mass is 478 g/mol. The van der Waals surface area contributed by atoms with Gasteiger partial charge in [0.05, 0.1) is 12.6 Å². The van der Waals surface area contributed by atoms with Crippen molar-refractivity contribution in [3.63, 3.8) is 0 Å². The van der Waals surface area contributed by atoms with Gasteiger partial charge >= 0.3 is 6.09 Å². The second-order valence-corrected chi connectivity index (χ2v) is 11.4. The van der Waals surface area contributed by atoms with Crippen molar-refractivity contribution in [1.29, 1.82) is 0 Å². The molecule has 0 aliphatic heterocycles. The number of alkyl carbamates (subject to hydrolysis) is 1. The number of carbonyl (C=O) groups excluding carboxylic acids is 1. The second-order valence-electron chi connectivity index (χ2n) is 8.92. The minimum atomic E-state index is -1.48. The molecule has 6 heteroatoms. The van der Waals surface area contributed by atoms with E-state index in [-0.39, 0.29) is 18.1 Å². The molecule has 33 heavy (non-hydrogen) atoms. The van der Waals surface area contributed by atoms with E-state index < -0.39 is 15.1 Å². The van der Waals surface area contributed by atoms with Gasteiger partial charge in [0.25, 0.3) is 9.04 Å². The molecule has 1 N–H and O–H groups in total. The molecule has 1 amide bonds. The first-order chi connectivity index (χ1) is 15.9. The van der Waals surface area contributed by atoms with Crippen molar-refractivity contribution >= 4 is 38.1 Å². The van der Waals surface area contributed by atoms with E-state index in [2.05, 4.69) is 75.1 Å². The lowest BCUT2D eigenvalue weighted by Gasteiger charge is -2.23. The fourth-order valence-electron chi connectivity index (χ4n) is 3.30. The van der Waals surface area contributed by atoms with Crippen molar-refractivity contribution in [3.8, 4) is 0 Å². The molecule has 0 aromatic heterocycles. The van der Waals surface area contributed by atoms with Crippen molar-refractivity contribution in [2.75, 3.05) is 12.4 Å². The van der Waals surface area contributed by atoms with E-state index in [1.807, 2.05) is 48.5 Å². The van der Waals surface area contributed by atoms with E-state index in [1.165, 1.54) is 10.8 Å². The molecule has 3 rings (SSSR count). The maximum Gasteiger partial charge on any atom is 0.407 e. The van der Waals surface area contributed by atoms with E-state index in [0.29, 0.717) is 12.4 Å². The van der Waals surface area contributed by atoms with Gasteiger partial charge in [0.15, 0.2) is 0 Å². The maximum absolute atomic E-state index is 12.3. The fourth-order valence-corrected chi connectivity index (χ4v) is 5.50. The molecule has 3 aromatic rings. The van der Waals surface area contributed by atoms with Crippen LogP contribution in [0.1, 0.15) is 31.9 Å². The quantitative estimate of drug-likeness (QED) is 0.355. The first kappa shape index (κ1) is 25.1. The minimum absolute atomic E-state index is 0.0974. The van der Waals surface area contributed by atoms with E-state index in [0.717, 1.165) is 10.8 Å². The van der Waals surface area contributed by atoms with Crippen LogP contribution in [0.25, 0.3) is 0 Å². The number of hydrogen-bond acceptors (Lipinski definition) is 4. The third-order valence-corrected chi connectivity index (χ3v) is 7.84. The van der Waals surface area contributed by atoms with Crippen LogP contribution in [-0.4, -0.2) is 33.5 Å². The lowest BCUT2D eigenvalue weighted by Crippen LogP contribution is -2.49. The normalized spacial score (nSPS) is 12.4. The molecule has 4 nitrogen and oxygen atoms in total. The Morgan fingerprint density at radius 3 is 2.06 bits per heavy atom. The van der Waals surface area contributed by atoms with Gasteiger partial charge in [0.2, 0.25) is 0 Å². The molecule has 0 aliphatic carbocycles. The number of carbonyl (C=O) groups is 1. The summed E-state index contributed by atoms with van der Waals surface area (Å²) in [6, 6.07) is 28.3. The number of benzene rings is 3. The first-order valence-corrected chi connectivity index (χ1v) is 13.1. The summed E-state index contributed by atoms with van der Waals surface area (Å²) in [6.45, 7) is 7.21. The molecule has 0 spiro atoms. The van der Waals surface area contributed by atoms with Gasteiger partial charge in [0, 0.05) is 5.75 Å². The van der Waals surface area contributed by atoms with Crippen molar-refractivity contribution < 1.29 is 14.0 Å². The van der Waals surface area contributed by atoms with Gasteiger partial charge in [-0.25, -0.2) is 4.79 Å². The van der Waals surface area contributed by atoms with Gasteiger partial charge < -0.3 is 14.5 Å². The summed E-state index contributed by atoms with van der Waals surface area (Å²) in [5, 5.41) is 5.21. The molecule has 1 atom stereocenters. The van der Waals surface area contributed by atoms with Gasteiger partial charge in [-0.2, -0.15) is 12.6 Å². The zero-order valence-electron chi connectivity index (χ0n) is 19.5. The van der Waals surface area contributed by atoms with Crippen LogP contribution in [0.15, 0.2) is 84.9 Å². The lowest BCUT2D eigenvalue weighted by molar-refractivity contribution is 0.132. The SMILES string of the molecule is CC(C)(C)c1ccc([Si](OC[C@@H](CS)NC(=O)OCc2ccccc2)c2ccccc2)cc1. The molecule has 0 aliphatic rings. The van der Waals surface area contributed by atoms with E-state index in [4.69, 9.17) is 9.16 Å². The minimum Gasteiger partial charge on any atom is -0.445 e. The molecule has 0 bridgehead atoms. The molecular weight excluding hydrogens is 446 g/mol. The van der Waals surface area contributed by atoms with Gasteiger partial charge in [-0.3, -0.25) is 0 Å². The van der Waals surface area contributed by atoms with Gasteiger partial charge in [-0.05, 0) is 26.9 Å². The molecule has 3 aromatic carbocycles. The van der Waals surface area contributed by atoms with Gasteiger partial charge in [0.1, 0.15) is 6.61 Å². The Hall–Kier alpha value is -2.54.